The molecule has 27 heavy (non-hydrogen) atoms. The van der Waals surface area contributed by atoms with Crippen molar-refractivity contribution in [3.8, 4) is 22.8 Å². The number of hydrogen-bond acceptors (Lipinski definition) is 4. The van der Waals surface area contributed by atoms with Crippen molar-refractivity contribution in [3.63, 3.8) is 0 Å². The predicted molar refractivity (Wildman–Crippen MR) is 100 cm³/mol. The quantitative estimate of drug-likeness (QED) is 0.599. The lowest BCUT2D eigenvalue weighted by Gasteiger charge is -2.12. The Kier molecular flexibility index (Phi) is 4.16. The molecule has 2 heterocycles. The molecule has 1 unspecified atom stereocenters. The predicted octanol–water partition coefficient (Wildman–Crippen LogP) is 3.63. The Morgan fingerprint density at radius 1 is 1.22 bits per heavy atom. The topological polar surface area (TPSA) is 65.1 Å². The van der Waals surface area contributed by atoms with Crippen LogP contribution in [0, 0.1) is 5.82 Å². The normalized spacial score (nSPS) is 12.5. The third-order valence-electron chi connectivity index (χ3n) is 4.61. The molecule has 1 atom stereocenters. The van der Waals surface area contributed by atoms with Crippen LogP contribution in [0.4, 0.5) is 4.39 Å². The van der Waals surface area contributed by atoms with E-state index in [0.29, 0.717) is 23.0 Å². The summed E-state index contributed by atoms with van der Waals surface area (Å²) in [6.07, 6.45) is 2.71. The van der Waals surface area contributed by atoms with Crippen LogP contribution in [-0.4, -0.2) is 31.3 Å². The van der Waals surface area contributed by atoms with E-state index in [1.54, 1.807) is 36.0 Å². The van der Waals surface area contributed by atoms with Gasteiger partial charge >= 0.3 is 0 Å². The van der Waals surface area contributed by atoms with Gasteiger partial charge in [-0.1, -0.05) is 6.07 Å². The van der Waals surface area contributed by atoms with E-state index in [4.69, 9.17) is 4.74 Å². The van der Waals surface area contributed by atoms with Gasteiger partial charge in [-0.25, -0.2) is 14.4 Å². The van der Waals surface area contributed by atoms with Crippen LogP contribution in [0.3, 0.4) is 0 Å². The van der Waals surface area contributed by atoms with Crippen LogP contribution in [-0.2, 0) is 7.05 Å². The first-order valence-corrected chi connectivity index (χ1v) is 8.52. The summed E-state index contributed by atoms with van der Waals surface area (Å²) in [6, 6.07) is 10.4. The molecule has 4 rings (SSSR count). The third kappa shape index (κ3) is 2.76. The second kappa shape index (κ2) is 6.51. The number of nitrogens with zero attached hydrogens (tertiary/aromatic N) is 4. The number of fused-ring (bicyclic) bond motifs is 1. The highest BCUT2D eigenvalue weighted by molar-refractivity contribution is 5.79. The van der Waals surface area contributed by atoms with Crippen LogP contribution in [0.5, 0.6) is 5.75 Å². The molecule has 0 aliphatic carbocycles. The Balaban J connectivity index is 1.89. The third-order valence-corrected chi connectivity index (χ3v) is 4.61. The maximum absolute atomic E-state index is 14.5. The molecule has 2 aromatic heterocycles. The average molecular weight is 366 g/mol. The minimum atomic E-state index is -0.669. The van der Waals surface area contributed by atoms with Crippen molar-refractivity contribution in [3.05, 3.63) is 60.4 Å². The van der Waals surface area contributed by atoms with Crippen LogP contribution in [0.25, 0.3) is 28.1 Å². The van der Waals surface area contributed by atoms with Gasteiger partial charge in [-0.3, -0.25) is 4.57 Å². The number of ether oxygens (including phenoxy) is 1. The second-order valence-corrected chi connectivity index (χ2v) is 6.32. The van der Waals surface area contributed by atoms with Crippen molar-refractivity contribution < 1.29 is 14.2 Å². The molecule has 0 aliphatic rings. The number of aliphatic hydroxyl groups is 1. The van der Waals surface area contributed by atoms with E-state index >= 15 is 0 Å². The molecule has 0 radical (unpaired) electrons. The number of methoxy groups -OCH3 is 1. The fourth-order valence-electron chi connectivity index (χ4n) is 3.32. The molecule has 0 amide bonds. The zero-order chi connectivity index (χ0) is 19.1. The van der Waals surface area contributed by atoms with Gasteiger partial charge in [-0.2, -0.15) is 0 Å². The maximum atomic E-state index is 14.5. The van der Waals surface area contributed by atoms with Crippen molar-refractivity contribution in [2.24, 2.45) is 7.05 Å². The molecule has 0 saturated carbocycles. The summed E-state index contributed by atoms with van der Waals surface area (Å²) in [6.45, 7) is 1.68. The SMILES string of the molecule is COc1cccc(F)c1-c1nccn1-c1ccc2c(c1)nc(C(C)O)n2C. The fraction of sp³-hybridized carbons (Fsp3) is 0.200. The molecular formula is C20H19FN4O2. The summed E-state index contributed by atoms with van der Waals surface area (Å²) in [4.78, 5) is 8.86. The van der Waals surface area contributed by atoms with Gasteiger partial charge in [0.1, 0.15) is 23.5 Å². The first kappa shape index (κ1) is 17.2. The Morgan fingerprint density at radius 3 is 2.78 bits per heavy atom. The summed E-state index contributed by atoms with van der Waals surface area (Å²) in [7, 11) is 3.37. The Morgan fingerprint density at radius 2 is 2.04 bits per heavy atom. The maximum Gasteiger partial charge on any atom is 0.151 e. The largest absolute Gasteiger partial charge is 0.496 e. The van der Waals surface area contributed by atoms with E-state index in [-0.39, 0.29) is 0 Å². The van der Waals surface area contributed by atoms with Crippen molar-refractivity contribution in [2.45, 2.75) is 13.0 Å². The minimum Gasteiger partial charge on any atom is -0.496 e. The number of aryl methyl sites for hydroxylation is 1. The van der Waals surface area contributed by atoms with Gasteiger partial charge in [0.25, 0.3) is 0 Å². The highest BCUT2D eigenvalue weighted by atomic mass is 19.1. The number of aromatic nitrogens is 4. The molecule has 0 fully saturated rings. The van der Waals surface area contributed by atoms with Crippen LogP contribution in [0.15, 0.2) is 48.8 Å². The Bertz CT molecular complexity index is 1130. The van der Waals surface area contributed by atoms with Gasteiger partial charge in [-0.15, -0.1) is 0 Å². The summed E-state index contributed by atoms with van der Waals surface area (Å²) in [5.41, 5.74) is 2.73. The van der Waals surface area contributed by atoms with E-state index in [1.165, 1.54) is 13.2 Å². The monoisotopic (exact) mass is 366 g/mol. The number of aliphatic hydroxyl groups excluding tert-OH is 1. The number of hydrogen-bond donors (Lipinski definition) is 1. The van der Waals surface area contributed by atoms with Crippen molar-refractivity contribution in [1.82, 2.24) is 19.1 Å². The first-order valence-electron chi connectivity index (χ1n) is 8.52. The van der Waals surface area contributed by atoms with Crippen molar-refractivity contribution in [1.29, 1.82) is 0 Å². The Labute approximate surface area is 155 Å². The second-order valence-electron chi connectivity index (χ2n) is 6.32. The van der Waals surface area contributed by atoms with Gasteiger partial charge in [0.05, 0.1) is 23.7 Å². The smallest absolute Gasteiger partial charge is 0.151 e. The number of rotatable bonds is 4. The van der Waals surface area contributed by atoms with E-state index in [9.17, 15) is 9.50 Å². The number of benzene rings is 2. The molecule has 6 nitrogen and oxygen atoms in total. The van der Waals surface area contributed by atoms with Gasteiger partial charge in [0.2, 0.25) is 0 Å². The minimum absolute atomic E-state index is 0.302. The van der Waals surface area contributed by atoms with E-state index in [0.717, 1.165) is 16.7 Å². The Hall–Kier alpha value is -3.19. The van der Waals surface area contributed by atoms with Crippen LogP contribution >= 0.6 is 0 Å². The van der Waals surface area contributed by atoms with Gasteiger partial charge in [0.15, 0.2) is 5.82 Å². The van der Waals surface area contributed by atoms with E-state index in [1.807, 2.05) is 29.8 Å². The number of halogens is 1. The molecule has 0 saturated heterocycles. The van der Waals surface area contributed by atoms with Gasteiger partial charge in [-0.05, 0) is 37.3 Å². The summed E-state index contributed by atoms with van der Waals surface area (Å²) < 4.78 is 23.5. The zero-order valence-electron chi connectivity index (χ0n) is 15.2. The summed E-state index contributed by atoms with van der Waals surface area (Å²) in [5, 5.41) is 9.89. The van der Waals surface area contributed by atoms with Crippen molar-refractivity contribution in [2.75, 3.05) is 7.11 Å². The van der Waals surface area contributed by atoms with Crippen LogP contribution < -0.4 is 4.74 Å². The van der Waals surface area contributed by atoms with Gasteiger partial charge < -0.3 is 14.4 Å². The molecule has 0 bridgehead atoms. The van der Waals surface area contributed by atoms with Crippen molar-refractivity contribution >= 4 is 11.0 Å². The van der Waals surface area contributed by atoms with E-state index in [2.05, 4.69) is 9.97 Å². The lowest BCUT2D eigenvalue weighted by molar-refractivity contribution is 0.186. The molecule has 1 N–H and O–H groups in total. The zero-order valence-corrected chi connectivity index (χ0v) is 15.2. The van der Waals surface area contributed by atoms with Crippen LogP contribution in [0.1, 0.15) is 18.9 Å². The summed E-state index contributed by atoms with van der Waals surface area (Å²) in [5.74, 6) is 1.04. The fourth-order valence-corrected chi connectivity index (χ4v) is 3.32. The lowest BCUT2D eigenvalue weighted by Crippen LogP contribution is -2.01. The highest BCUT2D eigenvalue weighted by Crippen LogP contribution is 2.33. The lowest BCUT2D eigenvalue weighted by atomic mass is 10.1. The molecule has 0 aliphatic heterocycles. The standard InChI is InChI=1S/C20H19FN4O2/c1-12(26)19-23-15-11-13(7-8-16(15)24(19)2)25-10-9-22-20(25)18-14(21)5-4-6-17(18)27-3/h4-12,26H,1-3H3. The summed E-state index contributed by atoms with van der Waals surface area (Å²) >= 11 is 0. The van der Waals surface area contributed by atoms with Crippen LogP contribution in [0.2, 0.25) is 0 Å². The molecule has 2 aromatic carbocycles. The van der Waals surface area contributed by atoms with E-state index < -0.39 is 11.9 Å². The molecular weight excluding hydrogens is 347 g/mol. The average Bonchev–Trinajstić information content (AvgIpc) is 3.26. The molecule has 4 aromatic rings. The number of imidazole rings is 2. The molecule has 7 heteroatoms. The molecule has 138 valence electrons. The highest BCUT2D eigenvalue weighted by Gasteiger charge is 2.18. The van der Waals surface area contributed by atoms with Gasteiger partial charge in [0, 0.05) is 25.1 Å². The first-order chi connectivity index (χ1) is 13.0. The molecule has 0 spiro atoms.